The fourth-order valence-corrected chi connectivity index (χ4v) is 2.33. The average molecular weight is 178 g/mol. The van der Waals surface area contributed by atoms with E-state index in [9.17, 15) is 4.79 Å². The molecule has 0 aromatic heterocycles. The zero-order chi connectivity index (χ0) is 9.26. The van der Waals surface area contributed by atoms with E-state index < -0.39 is 0 Å². The van der Waals surface area contributed by atoms with Crippen molar-refractivity contribution >= 4 is 5.97 Å². The molecule has 0 aliphatic heterocycles. The smallest absolute Gasteiger partial charge is 0.330 e. The van der Waals surface area contributed by atoms with Crippen molar-refractivity contribution < 1.29 is 9.53 Å². The molecular formula is C11H14O2. The Kier molecular flexibility index (Phi) is 2.21. The first-order valence-corrected chi connectivity index (χ1v) is 4.77. The van der Waals surface area contributed by atoms with E-state index in [1.54, 1.807) is 0 Å². The lowest BCUT2D eigenvalue weighted by Crippen LogP contribution is -2.16. The number of carbonyl (C=O) groups is 1. The first kappa shape index (κ1) is 8.54. The molecule has 0 N–H and O–H groups in total. The van der Waals surface area contributed by atoms with Gasteiger partial charge in [-0.3, -0.25) is 0 Å². The second-order valence-corrected chi connectivity index (χ2v) is 3.87. The van der Waals surface area contributed by atoms with Crippen LogP contribution in [0.2, 0.25) is 0 Å². The van der Waals surface area contributed by atoms with Crippen LogP contribution < -0.4 is 0 Å². The number of allylic oxidation sites excluding steroid dienone is 2. The van der Waals surface area contributed by atoms with Gasteiger partial charge in [0.05, 0.1) is 6.61 Å². The van der Waals surface area contributed by atoms with Gasteiger partial charge in [0.1, 0.15) is 0 Å². The van der Waals surface area contributed by atoms with Crippen LogP contribution in [-0.4, -0.2) is 12.6 Å². The van der Waals surface area contributed by atoms with Gasteiger partial charge in [-0.1, -0.05) is 18.7 Å². The van der Waals surface area contributed by atoms with E-state index >= 15 is 0 Å². The molecule has 0 radical (unpaired) electrons. The van der Waals surface area contributed by atoms with Crippen LogP contribution in [0.25, 0.3) is 0 Å². The fraction of sp³-hybridized carbons (Fsp3) is 0.545. The van der Waals surface area contributed by atoms with Gasteiger partial charge in [0, 0.05) is 6.08 Å². The number of fused-ring (bicyclic) bond motifs is 2. The molecule has 1 fully saturated rings. The largest absolute Gasteiger partial charge is 0.462 e. The lowest BCUT2D eigenvalue weighted by Gasteiger charge is -2.16. The molecule has 0 saturated heterocycles. The molecule has 2 rings (SSSR count). The summed E-state index contributed by atoms with van der Waals surface area (Å²) in [5.41, 5.74) is 0. The standard InChI is InChI=1S/C11H14O2/c1-2-11(12)13-7-10-6-8-3-4-9(10)5-8/h2-4,8-10H,1,5-7H2/t8-,9+,10?/m0/s1. The maximum atomic E-state index is 10.8. The Hall–Kier alpha value is -1.05. The Morgan fingerprint density at radius 3 is 2.92 bits per heavy atom. The molecule has 1 saturated carbocycles. The third-order valence-corrected chi connectivity index (χ3v) is 3.02. The van der Waals surface area contributed by atoms with Gasteiger partial charge < -0.3 is 4.74 Å². The van der Waals surface area contributed by atoms with Crippen LogP contribution in [0.3, 0.4) is 0 Å². The average Bonchev–Trinajstić information content (AvgIpc) is 2.74. The summed E-state index contributed by atoms with van der Waals surface area (Å²) in [5, 5.41) is 0. The van der Waals surface area contributed by atoms with Crippen LogP contribution in [0.1, 0.15) is 12.8 Å². The molecule has 0 amide bonds. The van der Waals surface area contributed by atoms with Crippen molar-refractivity contribution in [3.05, 3.63) is 24.8 Å². The minimum absolute atomic E-state index is 0.299. The Morgan fingerprint density at radius 2 is 2.38 bits per heavy atom. The number of rotatable bonds is 3. The van der Waals surface area contributed by atoms with Crippen LogP contribution in [-0.2, 0) is 9.53 Å². The Balaban J connectivity index is 1.81. The Morgan fingerprint density at radius 1 is 1.54 bits per heavy atom. The van der Waals surface area contributed by atoms with Gasteiger partial charge in [0.15, 0.2) is 0 Å². The molecule has 2 aliphatic carbocycles. The van der Waals surface area contributed by atoms with Gasteiger partial charge in [0.25, 0.3) is 0 Å². The van der Waals surface area contributed by atoms with E-state index in [4.69, 9.17) is 4.74 Å². The zero-order valence-corrected chi connectivity index (χ0v) is 7.61. The third-order valence-electron chi connectivity index (χ3n) is 3.02. The van der Waals surface area contributed by atoms with Crippen molar-refractivity contribution in [3.8, 4) is 0 Å². The molecule has 1 unspecified atom stereocenters. The third kappa shape index (κ3) is 1.67. The summed E-state index contributed by atoms with van der Waals surface area (Å²) in [6.45, 7) is 3.93. The number of hydrogen-bond donors (Lipinski definition) is 0. The highest BCUT2D eigenvalue weighted by Gasteiger charge is 2.35. The Labute approximate surface area is 78.3 Å². The summed E-state index contributed by atoms with van der Waals surface area (Å²) < 4.78 is 5.04. The molecule has 3 atom stereocenters. The van der Waals surface area contributed by atoms with Crippen LogP contribution >= 0.6 is 0 Å². The second-order valence-electron chi connectivity index (χ2n) is 3.87. The SMILES string of the molecule is C=CC(=O)OCC1C[C@H]2C=C[C@@H]1C2. The van der Waals surface area contributed by atoms with Gasteiger partial charge in [-0.25, -0.2) is 4.79 Å². The lowest BCUT2D eigenvalue weighted by atomic mass is 9.95. The van der Waals surface area contributed by atoms with E-state index in [0.717, 1.165) is 5.92 Å². The molecule has 70 valence electrons. The minimum atomic E-state index is -0.299. The maximum absolute atomic E-state index is 10.8. The lowest BCUT2D eigenvalue weighted by molar-refractivity contribution is -0.139. The minimum Gasteiger partial charge on any atom is -0.462 e. The molecule has 0 heterocycles. The van der Waals surface area contributed by atoms with E-state index in [2.05, 4.69) is 18.7 Å². The molecule has 2 nitrogen and oxygen atoms in total. The molecule has 2 bridgehead atoms. The van der Waals surface area contributed by atoms with Crippen LogP contribution in [0, 0.1) is 17.8 Å². The van der Waals surface area contributed by atoms with E-state index in [-0.39, 0.29) is 5.97 Å². The highest BCUT2D eigenvalue weighted by molar-refractivity contribution is 5.81. The summed E-state index contributed by atoms with van der Waals surface area (Å²) in [5.74, 6) is 1.66. The predicted molar refractivity (Wildman–Crippen MR) is 50.0 cm³/mol. The maximum Gasteiger partial charge on any atom is 0.330 e. The molecule has 0 aromatic rings. The van der Waals surface area contributed by atoms with Crippen molar-refractivity contribution in [1.82, 2.24) is 0 Å². The zero-order valence-electron chi connectivity index (χ0n) is 7.61. The van der Waals surface area contributed by atoms with Crippen molar-refractivity contribution in [2.45, 2.75) is 12.8 Å². The summed E-state index contributed by atoms with van der Waals surface area (Å²) in [4.78, 5) is 10.8. The highest BCUT2D eigenvalue weighted by Crippen LogP contribution is 2.43. The first-order valence-electron chi connectivity index (χ1n) is 4.77. The summed E-state index contributed by atoms with van der Waals surface area (Å²) in [6.07, 6.45) is 8.22. The van der Waals surface area contributed by atoms with Crippen molar-refractivity contribution in [2.75, 3.05) is 6.61 Å². The number of ether oxygens (including phenoxy) is 1. The predicted octanol–water partition coefficient (Wildman–Crippen LogP) is 1.93. The number of hydrogen-bond acceptors (Lipinski definition) is 2. The van der Waals surface area contributed by atoms with Crippen molar-refractivity contribution in [1.29, 1.82) is 0 Å². The molecule has 2 aliphatic rings. The number of esters is 1. The van der Waals surface area contributed by atoms with Gasteiger partial charge in [-0.2, -0.15) is 0 Å². The summed E-state index contributed by atoms with van der Waals surface area (Å²) in [6, 6.07) is 0. The molecular weight excluding hydrogens is 164 g/mol. The van der Waals surface area contributed by atoms with E-state index in [1.165, 1.54) is 18.9 Å². The van der Waals surface area contributed by atoms with Crippen molar-refractivity contribution in [2.24, 2.45) is 17.8 Å². The Bertz CT molecular complexity index is 255. The molecule has 13 heavy (non-hydrogen) atoms. The fourth-order valence-electron chi connectivity index (χ4n) is 2.33. The quantitative estimate of drug-likeness (QED) is 0.375. The first-order chi connectivity index (χ1) is 6.29. The highest BCUT2D eigenvalue weighted by atomic mass is 16.5. The molecule has 2 heteroatoms. The topological polar surface area (TPSA) is 26.3 Å². The normalized spacial score (nSPS) is 34.9. The van der Waals surface area contributed by atoms with Gasteiger partial charge in [-0.05, 0) is 30.6 Å². The van der Waals surface area contributed by atoms with E-state index in [1.807, 2.05) is 0 Å². The monoisotopic (exact) mass is 178 g/mol. The van der Waals surface area contributed by atoms with E-state index in [0.29, 0.717) is 18.4 Å². The summed E-state index contributed by atoms with van der Waals surface area (Å²) in [7, 11) is 0. The van der Waals surface area contributed by atoms with Crippen LogP contribution in [0.4, 0.5) is 0 Å². The van der Waals surface area contributed by atoms with Crippen molar-refractivity contribution in [3.63, 3.8) is 0 Å². The molecule has 0 spiro atoms. The summed E-state index contributed by atoms with van der Waals surface area (Å²) >= 11 is 0. The molecule has 0 aromatic carbocycles. The van der Waals surface area contributed by atoms with Crippen LogP contribution in [0.15, 0.2) is 24.8 Å². The van der Waals surface area contributed by atoms with Gasteiger partial charge in [0.2, 0.25) is 0 Å². The van der Waals surface area contributed by atoms with Gasteiger partial charge in [-0.15, -0.1) is 0 Å². The number of carbonyl (C=O) groups excluding carboxylic acids is 1. The second kappa shape index (κ2) is 3.36. The van der Waals surface area contributed by atoms with Gasteiger partial charge >= 0.3 is 5.97 Å². The van der Waals surface area contributed by atoms with Crippen LogP contribution in [0.5, 0.6) is 0 Å².